The fraction of sp³-hybridized carbons (Fsp3) is 0.160. The summed E-state index contributed by atoms with van der Waals surface area (Å²) in [7, 11) is 0. The van der Waals surface area contributed by atoms with E-state index in [1.807, 2.05) is 78.9 Å². The smallest absolute Gasteiger partial charge is 0.279 e. The number of furan rings is 2. The van der Waals surface area contributed by atoms with Crippen LogP contribution in [0.15, 0.2) is 100 Å². The van der Waals surface area contributed by atoms with E-state index in [1.54, 1.807) is 12.5 Å². The van der Waals surface area contributed by atoms with Crippen molar-refractivity contribution >= 4 is 11.6 Å². The molecule has 0 aliphatic carbocycles. The third-order valence-electron chi connectivity index (χ3n) is 4.81. The van der Waals surface area contributed by atoms with Gasteiger partial charge in [-0.2, -0.15) is 0 Å². The van der Waals surface area contributed by atoms with E-state index in [2.05, 4.69) is 5.32 Å². The van der Waals surface area contributed by atoms with Crippen LogP contribution in [0.2, 0.25) is 0 Å². The molecule has 2 N–H and O–H groups in total. The number of amides is 1. The molecule has 4 rings (SSSR count). The zero-order valence-electron chi connectivity index (χ0n) is 17.1. The molecule has 0 bridgehead atoms. The number of benzene rings is 2. The van der Waals surface area contributed by atoms with Gasteiger partial charge in [0, 0.05) is 5.69 Å². The molecule has 0 aliphatic heterocycles. The molecular formula is C25H25N2O4+. The van der Waals surface area contributed by atoms with Crippen LogP contribution in [-0.4, -0.2) is 12.5 Å². The van der Waals surface area contributed by atoms with E-state index in [9.17, 15) is 4.79 Å². The lowest BCUT2D eigenvalue weighted by Gasteiger charge is -2.17. The van der Waals surface area contributed by atoms with Crippen LogP contribution >= 0.6 is 0 Å². The van der Waals surface area contributed by atoms with Crippen molar-refractivity contribution in [3.05, 3.63) is 108 Å². The molecule has 6 heteroatoms. The SMILES string of the molecule is O=C(C[NH+](Cc1ccco1)Cc1ccco1)Nc1ccc(OCc2ccccc2)cc1. The second kappa shape index (κ2) is 10.3. The molecule has 0 radical (unpaired) electrons. The highest BCUT2D eigenvalue weighted by molar-refractivity contribution is 5.91. The quantitative estimate of drug-likeness (QED) is 0.413. The number of ether oxygens (including phenoxy) is 1. The van der Waals surface area contributed by atoms with Crippen molar-refractivity contribution in [3.8, 4) is 5.75 Å². The number of quaternary nitrogens is 1. The predicted molar refractivity (Wildman–Crippen MR) is 116 cm³/mol. The zero-order chi connectivity index (χ0) is 21.3. The van der Waals surface area contributed by atoms with Crippen LogP contribution in [0.5, 0.6) is 5.75 Å². The van der Waals surface area contributed by atoms with Crippen molar-refractivity contribution in [2.45, 2.75) is 19.7 Å². The average Bonchev–Trinajstić information content (AvgIpc) is 3.48. The molecule has 0 fully saturated rings. The molecule has 0 spiro atoms. The second-order valence-corrected chi connectivity index (χ2v) is 7.29. The first kappa shape index (κ1) is 20.5. The molecular weight excluding hydrogens is 392 g/mol. The average molecular weight is 417 g/mol. The number of hydrogen-bond donors (Lipinski definition) is 2. The Labute approximate surface area is 181 Å². The van der Waals surface area contributed by atoms with Gasteiger partial charge in [-0.25, -0.2) is 0 Å². The number of nitrogens with one attached hydrogen (secondary N) is 2. The van der Waals surface area contributed by atoms with Crippen LogP contribution in [-0.2, 0) is 24.5 Å². The summed E-state index contributed by atoms with van der Waals surface area (Å²) >= 11 is 0. The molecule has 0 saturated carbocycles. The Morgan fingerprint density at radius 3 is 2.03 bits per heavy atom. The van der Waals surface area contributed by atoms with Gasteiger partial charge in [0.1, 0.15) is 25.4 Å². The Kier molecular flexibility index (Phi) is 6.82. The first-order valence-corrected chi connectivity index (χ1v) is 10.2. The van der Waals surface area contributed by atoms with Crippen LogP contribution in [0.3, 0.4) is 0 Å². The Morgan fingerprint density at radius 1 is 0.806 bits per heavy atom. The third-order valence-corrected chi connectivity index (χ3v) is 4.81. The van der Waals surface area contributed by atoms with Crippen molar-refractivity contribution in [1.82, 2.24) is 0 Å². The largest absolute Gasteiger partial charge is 0.489 e. The maximum Gasteiger partial charge on any atom is 0.279 e. The maximum atomic E-state index is 12.7. The fourth-order valence-corrected chi connectivity index (χ4v) is 3.31. The molecule has 2 aromatic carbocycles. The van der Waals surface area contributed by atoms with Crippen LogP contribution in [0, 0.1) is 0 Å². The number of anilines is 1. The Balaban J connectivity index is 1.31. The van der Waals surface area contributed by atoms with Gasteiger partial charge in [0.05, 0.1) is 12.5 Å². The molecule has 2 heterocycles. The van der Waals surface area contributed by atoms with Gasteiger partial charge in [-0.3, -0.25) is 4.79 Å². The third kappa shape index (κ3) is 6.35. The molecule has 1 amide bonds. The monoisotopic (exact) mass is 417 g/mol. The van der Waals surface area contributed by atoms with Gasteiger partial charge in [-0.05, 0) is 54.1 Å². The first-order valence-electron chi connectivity index (χ1n) is 10.2. The van der Waals surface area contributed by atoms with Crippen LogP contribution < -0.4 is 15.0 Å². The molecule has 31 heavy (non-hydrogen) atoms. The summed E-state index contributed by atoms with van der Waals surface area (Å²) in [6.07, 6.45) is 3.28. The normalized spacial score (nSPS) is 10.9. The summed E-state index contributed by atoms with van der Waals surface area (Å²) < 4.78 is 16.7. The van der Waals surface area contributed by atoms with Crippen LogP contribution in [0.1, 0.15) is 17.1 Å². The number of rotatable bonds is 10. The van der Waals surface area contributed by atoms with E-state index in [-0.39, 0.29) is 12.5 Å². The highest BCUT2D eigenvalue weighted by atomic mass is 16.5. The minimum atomic E-state index is -0.0777. The van der Waals surface area contributed by atoms with E-state index in [4.69, 9.17) is 13.6 Å². The highest BCUT2D eigenvalue weighted by Crippen LogP contribution is 2.17. The van der Waals surface area contributed by atoms with E-state index in [0.29, 0.717) is 19.7 Å². The van der Waals surface area contributed by atoms with Gasteiger partial charge >= 0.3 is 0 Å². The van der Waals surface area contributed by atoms with Crippen molar-refractivity contribution < 1.29 is 23.3 Å². The van der Waals surface area contributed by atoms with Gasteiger partial charge in [-0.1, -0.05) is 30.3 Å². The molecule has 0 aliphatic rings. The van der Waals surface area contributed by atoms with Gasteiger partial charge in [0.2, 0.25) is 0 Å². The molecule has 158 valence electrons. The summed E-state index contributed by atoms with van der Waals surface area (Å²) in [6.45, 7) is 1.97. The van der Waals surface area contributed by atoms with Gasteiger partial charge in [0.15, 0.2) is 18.1 Å². The zero-order valence-corrected chi connectivity index (χ0v) is 17.1. The van der Waals surface area contributed by atoms with Crippen molar-refractivity contribution in [2.75, 3.05) is 11.9 Å². The lowest BCUT2D eigenvalue weighted by atomic mass is 10.2. The molecule has 0 unspecified atom stereocenters. The van der Waals surface area contributed by atoms with E-state index in [1.165, 1.54) is 0 Å². The minimum Gasteiger partial charge on any atom is -0.489 e. The molecule has 4 aromatic rings. The molecule has 6 nitrogen and oxygen atoms in total. The lowest BCUT2D eigenvalue weighted by Crippen LogP contribution is -3.10. The molecule has 2 aromatic heterocycles. The summed E-state index contributed by atoms with van der Waals surface area (Å²) in [4.78, 5) is 13.7. The summed E-state index contributed by atoms with van der Waals surface area (Å²) in [5, 5.41) is 2.96. The summed E-state index contributed by atoms with van der Waals surface area (Å²) in [5.41, 5.74) is 1.84. The van der Waals surface area contributed by atoms with E-state index >= 15 is 0 Å². The Hall–Kier alpha value is -3.77. The molecule has 0 atom stereocenters. The van der Waals surface area contributed by atoms with Crippen LogP contribution in [0.25, 0.3) is 0 Å². The molecule has 0 saturated heterocycles. The minimum absolute atomic E-state index is 0.0777. The Bertz CT molecular complexity index is 1010. The predicted octanol–water partition coefficient (Wildman–Crippen LogP) is 3.68. The fourth-order valence-electron chi connectivity index (χ4n) is 3.31. The van der Waals surface area contributed by atoms with Crippen molar-refractivity contribution in [2.24, 2.45) is 0 Å². The van der Waals surface area contributed by atoms with E-state index in [0.717, 1.165) is 33.4 Å². The Morgan fingerprint density at radius 2 is 1.45 bits per heavy atom. The topological polar surface area (TPSA) is 69.1 Å². The van der Waals surface area contributed by atoms with Gasteiger partial charge in [-0.15, -0.1) is 0 Å². The highest BCUT2D eigenvalue weighted by Gasteiger charge is 2.18. The number of hydrogen-bond acceptors (Lipinski definition) is 4. The summed E-state index contributed by atoms with van der Waals surface area (Å²) in [6, 6.07) is 24.9. The first-order chi connectivity index (χ1) is 15.2. The number of carbonyl (C=O) groups is 1. The van der Waals surface area contributed by atoms with Crippen molar-refractivity contribution in [3.63, 3.8) is 0 Å². The van der Waals surface area contributed by atoms with Gasteiger partial charge < -0.3 is 23.8 Å². The second-order valence-electron chi connectivity index (χ2n) is 7.29. The van der Waals surface area contributed by atoms with E-state index < -0.39 is 0 Å². The van der Waals surface area contributed by atoms with Gasteiger partial charge in [0.25, 0.3) is 5.91 Å². The standard InChI is InChI=1S/C25H24N2O4/c28-25(18-27(16-23-8-4-14-29-23)17-24-9-5-15-30-24)26-21-10-12-22(13-11-21)31-19-20-6-2-1-3-7-20/h1-15H,16-19H2,(H,26,28)/p+1. The maximum absolute atomic E-state index is 12.7. The summed E-state index contributed by atoms with van der Waals surface area (Å²) in [5.74, 6) is 2.33. The van der Waals surface area contributed by atoms with Crippen molar-refractivity contribution in [1.29, 1.82) is 0 Å². The van der Waals surface area contributed by atoms with Crippen LogP contribution in [0.4, 0.5) is 5.69 Å². The lowest BCUT2D eigenvalue weighted by molar-refractivity contribution is -0.921. The number of carbonyl (C=O) groups excluding carboxylic acids is 1.